The van der Waals surface area contributed by atoms with E-state index in [-0.39, 0.29) is 18.1 Å². The summed E-state index contributed by atoms with van der Waals surface area (Å²) >= 11 is 0. The second kappa shape index (κ2) is 7.93. The molecule has 0 radical (unpaired) electrons. The van der Waals surface area contributed by atoms with Gasteiger partial charge in [0.1, 0.15) is 12.1 Å². The molecule has 4 heterocycles. The summed E-state index contributed by atoms with van der Waals surface area (Å²) in [5.74, 6) is 1.66. The molecule has 0 unspecified atom stereocenters. The maximum Gasteiger partial charge on any atom is 0.331 e. The fraction of sp³-hybridized carbons (Fsp3) is 0.333. The minimum absolute atomic E-state index is 0.0968. The Balaban J connectivity index is 1.20. The highest BCUT2D eigenvalue weighted by Gasteiger charge is 2.40. The van der Waals surface area contributed by atoms with Crippen molar-refractivity contribution in [2.24, 2.45) is 0 Å². The maximum absolute atomic E-state index is 12.9. The molecule has 174 valence electrons. The summed E-state index contributed by atoms with van der Waals surface area (Å²) < 4.78 is 7.65. The van der Waals surface area contributed by atoms with Crippen molar-refractivity contribution in [1.29, 1.82) is 0 Å². The first kappa shape index (κ1) is 20.8. The van der Waals surface area contributed by atoms with Crippen molar-refractivity contribution < 1.29 is 14.6 Å². The number of carbonyl (C=O) groups excluding carboxylic acids is 1. The number of rotatable bonds is 6. The van der Waals surface area contributed by atoms with Crippen LogP contribution in [0.2, 0.25) is 0 Å². The van der Waals surface area contributed by atoms with Gasteiger partial charge in [-0.05, 0) is 37.1 Å². The van der Waals surface area contributed by atoms with Gasteiger partial charge in [0.2, 0.25) is 5.88 Å². The Labute approximate surface area is 195 Å². The van der Waals surface area contributed by atoms with Crippen molar-refractivity contribution in [1.82, 2.24) is 29.6 Å². The van der Waals surface area contributed by atoms with E-state index >= 15 is 0 Å². The van der Waals surface area contributed by atoms with E-state index < -0.39 is 0 Å². The van der Waals surface area contributed by atoms with Crippen LogP contribution in [0.3, 0.4) is 0 Å². The Kier molecular flexibility index (Phi) is 4.85. The smallest absolute Gasteiger partial charge is 0.331 e. The Morgan fingerprint density at radius 1 is 1.24 bits per heavy atom. The second-order valence-electron chi connectivity index (χ2n) is 9.20. The van der Waals surface area contributed by atoms with Gasteiger partial charge in [0.15, 0.2) is 5.82 Å². The van der Waals surface area contributed by atoms with Crippen LogP contribution in [-0.4, -0.2) is 53.9 Å². The van der Waals surface area contributed by atoms with E-state index in [4.69, 9.17) is 4.74 Å². The van der Waals surface area contributed by atoms with Crippen molar-refractivity contribution in [3.05, 3.63) is 59.8 Å². The van der Waals surface area contributed by atoms with Gasteiger partial charge in [0, 0.05) is 48.4 Å². The highest BCUT2D eigenvalue weighted by atomic mass is 16.5. The minimum atomic E-state index is -0.278. The summed E-state index contributed by atoms with van der Waals surface area (Å²) in [5.41, 5.74) is 3.83. The number of carbonyl (C=O) groups is 1. The molecule has 10 heteroatoms. The van der Waals surface area contributed by atoms with Crippen LogP contribution < -0.4 is 10.1 Å². The van der Waals surface area contributed by atoms with Crippen LogP contribution in [0.4, 0.5) is 10.6 Å². The zero-order valence-corrected chi connectivity index (χ0v) is 18.8. The predicted octanol–water partition coefficient (Wildman–Crippen LogP) is 3.39. The number of amides is 1. The number of aliphatic hydroxyl groups is 1. The molecular formula is C24H25N7O3. The number of H-pyrrole nitrogens is 1. The number of β-amino-alcohol motifs (C(OH)–C–C–N with tert-alkyl or cyclic N) is 1. The van der Waals surface area contributed by atoms with Crippen LogP contribution in [0.25, 0.3) is 10.9 Å². The van der Waals surface area contributed by atoms with Crippen LogP contribution in [-0.2, 0) is 18.5 Å². The van der Waals surface area contributed by atoms with Gasteiger partial charge in [-0.15, -0.1) is 0 Å². The maximum atomic E-state index is 12.9. The molecule has 1 fully saturated rings. The third-order valence-corrected chi connectivity index (χ3v) is 6.72. The van der Waals surface area contributed by atoms with Crippen molar-refractivity contribution in [3.8, 4) is 11.6 Å². The number of hydrogen-bond acceptors (Lipinski definition) is 7. The molecule has 0 spiro atoms. The summed E-state index contributed by atoms with van der Waals surface area (Å²) in [6, 6.07) is 9.06. The SMILES string of the molecule is CC1(c2cc(NC(=O)n3ccc4cc(Oc5ncnc6c5CN(CCO)C6)ccc43)n[nH]2)CC1. The average molecular weight is 460 g/mol. The number of aromatic nitrogens is 5. The summed E-state index contributed by atoms with van der Waals surface area (Å²) in [7, 11) is 0. The Morgan fingerprint density at radius 2 is 2.12 bits per heavy atom. The number of anilines is 1. The molecule has 1 saturated carbocycles. The minimum Gasteiger partial charge on any atom is -0.439 e. The molecule has 0 saturated heterocycles. The van der Waals surface area contributed by atoms with E-state index in [0.29, 0.717) is 37.1 Å². The molecule has 0 bridgehead atoms. The van der Waals surface area contributed by atoms with Gasteiger partial charge in [0.05, 0.1) is 23.4 Å². The Morgan fingerprint density at radius 3 is 2.94 bits per heavy atom. The number of nitrogens with one attached hydrogen (secondary N) is 2. The third-order valence-electron chi connectivity index (χ3n) is 6.72. The van der Waals surface area contributed by atoms with E-state index in [1.807, 2.05) is 30.3 Å². The highest BCUT2D eigenvalue weighted by Crippen LogP contribution is 2.47. The fourth-order valence-electron chi connectivity index (χ4n) is 4.40. The largest absolute Gasteiger partial charge is 0.439 e. The third kappa shape index (κ3) is 3.70. The molecule has 2 aliphatic rings. The van der Waals surface area contributed by atoms with Crippen molar-refractivity contribution in [2.75, 3.05) is 18.5 Å². The molecule has 3 aromatic heterocycles. The van der Waals surface area contributed by atoms with Crippen LogP contribution >= 0.6 is 0 Å². The molecule has 34 heavy (non-hydrogen) atoms. The van der Waals surface area contributed by atoms with E-state index in [9.17, 15) is 9.90 Å². The Bertz CT molecular complexity index is 1390. The molecule has 1 amide bonds. The van der Waals surface area contributed by atoms with Gasteiger partial charge in [-0.25, -0.2) is 14.8 Å². The quantitative estimate of drug-likeness (QED) is 0.404. The summed E-state index contributed by atoms with van der Waals surface area (Å²) in [6.07, 6.45) is 5.50. The van der Waals surface area contributed by atoms with E-state index in [0.717, 1.165) is 40.7 Å². The lowest BCUT2D eigenvalue weighted by Crippen LogP contribution is -2.20. The first-order valence-corrected chi connectivity index (χ1v) is 11.3. The molecule has 1 aliphatic heterocycles. The molecule has 1 aliphatic carbocycles. The zero-order valence-electron chi connectivity index (χ0n) is 18.8. The number of aromatic amines is 1. The van der Waals surface area contributed by atoms with Gasteiger partial charge in [-0.2, -0.15) is 5.10 Å². The number of benzene rings is 1. The second-order valence-corrected chi connectivity index (χ2v) is 9.20. The van der Waals surface area contributed by atoms with Crippen LogP contribution in [0.15, 0.2) is 42.9 Å². The highest BCUT2D eigenvalue weighted by molar-refractivity contribution is 5.98. The van der Waals surface area contributed by atoms with Crippen molar-refractivity contribution in [2.45, 2.75) is 38.3 Å². The molecule has 10 nitrogen and oxygen atoms in total. The molecule has 6 rings (SSSR count). The van der Waals surface area contributed by atoms with Gasteiger partial charge >= 0.3 is 6.03 Å². The lowest BCUT2D eigenvalue weighted by Gasteiger charge is -2.12. The summed E-state index contributed by atoms with van der Waals surface area (Å²) in [5, 5.41) is 20.2. The normalized spacial score (nSPS) is 16.5. The number of nitrogens with zero attached hydrogens (tertiary/aromatic N) is 5. The van der Waals surface area contributed by atoms with Gasteiger partial charge in [-0.3, -0.25) is 19.9 Å². The summed E-state index contributed by atoms with van der Waals surface area (Å²) in [6.45, 7) is 4.17. The first-order valence-electron chi connectivity index (χ1n) is 11.3. The molecule has 3 N–H and O–H groups in total. The van der Waals surface area contributed by atoms with E-state index in [1.54, 1.807) is 10.8 Å². The number of ether oxygens (including phenoxy) is 1. The summed E-state index contributed by atoms with van der Waals surface area (Å²) in [4.78, 5) is 23.6. The van der Waals surface area contributed by atoms with Crippen molar-refractivity contribution in [3.63, 3.8) is 0 Å². The van der Waals surface area contributed by atoms with Crippen LogP contribution in [0.1, 0.15) is 36.7 Å². The van der Waals surface area contributed by atoms with E-state index in [2.05, 4.69) is 37.3 Å². The molecule has 0 atom stereocenters. The lowest BCUT2D eigenvalue weighted by atomic mass is 10.1. The molecule has 1 aromatic carbocycles. The van der Waals surface area contributed by atoms with Gasteiger partial charge in [0.25, 0.3) is 0 Å². The van der Waals surface area contributed by atoms with Crippen LogP contribution in [0.5, 0.6) is 11.6 Å². The molecule has 4 aromatic rings. The zero-order chi connectivity index (χ0) is 23.3. The topological polar surface area (TPSA) is 121 Å². The first-order chi connectivity index (χ1) is 16.5. The van der Waals surface area contributed by atoms with Gasteiger partial charge in [-0.1, -0.05) is 6.92 Å². The van der Waals surface area contributed by atoms with E-state index in [1.165, 1.54) is 6.33 Å². The van der Waals surface area contributed by atoms with Gasteiger partial charge < -0.3 is 9.84 Å². The monoisotopic (exact) mass is 459 g/mol. The number of hydrogen-bond donors (Lipinski definition) is 3. The lowest BCUT2D eigenvalue weighted by molar-refractivity contribution is 0.196. The standard InChI is InChI=1S/C24H25N7O3/c1-24(5-6-24)20-11-21(29-28-20)27-23(33)31-7-4-15-10-16(2-3-19(15)31)34-22-17-12-30(8-9-32)13-18(17)25-14-26-22/h2-4,7,10-11,14,32H,5-6,8-9,12-13H2,1H3,(H2,27,28,29,33). The predicted molar refractivity (Wildman–Crippen MR) is 125 cm³/mol. The Hall–Kier alpha value is -3.76. The average Bonchev–Trinajstić information content (AvgIpc) is 3.20. The number of fused-ring (bicyclic) bond motifs is 2. The van der Waals surface area contributed by atoms with Crippen LogP contribution in [0, 0.1) is 0 Å². The molecular weight excluding hydrogens is 434 g/mol. The van der Waals surface area contributed by atoms with Crippen molar-refractivity contribution >= 4 is 22.8 Å². The fourth-order valence-corrected chi connectivity index (χ4v) is 4.40. The number of aliphatic hydroxyl groups excluding tert-OH is 1.